The second kappa shape index (κ2) is 8.70. The summed E-state index contributed by atoms with van der Waals surface area (Å²) in [5.41, 5.74) is 1.10. The monoisotopic (exact) mass is 317 g/mol. The van der Waals surface area contributed by atoms with Gasteiger partial charge in [-0.25, -0.2) is 0 Å². The number of benzene rings is 1. The van der Waals surface area contributed by atoms with Crippen LogP contribution in [0.2, 0.25) is 0 Å². The molecule has 122 valence electrons. The van der Waals surface area contributed by atoms with E-state index in [1.165, 1.54) is 10.9 Å². The van der Waals surface area contributed by atoms with E-state index in [0.29, 0.717) is 31.9 Å². The molecular weight excluding hydrogens is 298 g/mol. The standard InChI is InChI=1S/C16H19N3O4/c20-15(17-14-8-9-19(18-14)11-16(21)22)7-4-10-23-12-13-5-2-1-3-6-13/h1-3,5-6,8-9H,4,7,10-12H2,(H,21,22)(H,17,18,20). The molecule has 23 heavy (non-hydrogen) atoms. The van der Waals surface area contributed by atoms with Crippen molar-refractivity contribution in [3.05, 3.63) is 48.2 Å². The summed E-state index contributed by atoms with van der Waals surface area (Å²) in [5, 5.41) is 15.2. The number of hydrogen-bond acceptors (Lipinski definition) is 4. The van der Waals surface area contributed by atoms with E-state index in [-0.39, 0.29) is 12.5 Å². The van der Waals surface area contributed by atoms with Gasteiger partial charge in [-0.1, -0.05) is 30.3 Å². The molecule has 2 rings (SSSR count). The second-order valence-electron chi connectivity index (χ2n) is 4.98. The molecule has 0 spiro atoms. The first-order valence-electron chi connectivity index (χ1n) is 7.30. The number of hydrogen-bond donors (Lipinski definition) is 2. The number of aliphatic carboxylic acids is 1. The van der Waals surface area contributed by atoms with Gasteiger partial charge in [-0.15, -0.1) is 0 Å². The van der Waals surface area contributed by atoms with Crippen LogP contribution in [0.25, 0.3) is 0 Å². The zero-order chi connectivity index (χ0) is 16.5. The molecule has 0 aliphatic rings. The number of ether oxygens (including phenoxy) is 1. The van der Waals surface area contributed by atoms with E-state index < -0.39 is 5.97 Å². The molecule has 0 fully saturated rings. The summed E-state index contributed by atoms with van der Waals surface area (Å²) in [6, 6.07) is 11.4. The highest BCUT2D eigenvalue weighted by molar-refractivity contribution is 5.89. The highest BCUT2D eigenvalue weighted by atomic mass is 16.5. The fraction of sp³-hybridized carbons (Fsp3) is 0.312. The summed E-state index contributed by atoms with van der Waals surface area (Å²) in [6.07, 6.45) is 2.43. The largest absolute Gasteiger partial charge is 0.480 e. The molecule has 0 aliphatic carbocycles. The van der Waals surface area contributed by atoms with Crippen LogP contribution in [0, 0.1) is 0 Å². The maximum atomic E-state index is 11.7. The molecule has 1 amide bonds. The lowest BCUT2D eigenvalue weighted by atomic mass is 10.2. The van der Waals surface area contributed by atoms with Crippen molar-refractivity contribution in [2.45, 2.75) is 26.0 Å². The summed E-state index contributed by atoms with van der Waals surface area (Å²) >= 11 is 0. The fourth-order valence-electron chi connectivity index (χ4n) is 1.96. The third kappa shape index (κ3) is 6.31. The molecule has 1 heterocycles. The first-order valence-corrected chi connectivity index (χ1v) is 7.30. The van der Waals surface area contributed by atoms with Crippen LogP contribution in [0.4, 0.5) is 5.82 Å². The minimum atomic E-state index is -0.985. The van der Waals surface area contributed by atoms with Crippen LogP contribution in [0.1, 0.15) is 18.4 Å². The minimum Gasteiger partial charge on any atom is -0.480 e. The van der Waals surface area contributed by atoms with Crippen molar-refractivity contribution < 1.29 is 19.4 Å². The molecule has 1 aromatic heterocycles. The maximum absolute atomic E-state index is 11.7. The Hall–Kier alpha value is -2.67. The van der Waals surface area contributed by atoms with Gasteiger partial charge >= 0.3 is 5.97 Å². The number of carbonyl (C=O) groups excluding carboxylic acids is 1. The van der Waals surface area contributed by atoms with Crippen molar-refractivity contribution in [2.24, 2.45) is 0 Å². The van der Waals surface area contributed by atoms with Gasteiger partial charge in [-0.05, 0) is 12.0 Å². The number of anilines is 1. The van der Waals surface area contributed by atoms with E-state index in [0.717, 1.165) is 5.56 Å². The van der Waals surface area contributed by atoms with Crippen LogP contribution in [-0.2, 0) is 27.5 Å². The predicted octanol–water partition coefficient (Wildman–Crippen LogP) is 1.90. The van der Waals surface area contributed by atoms with E-state index in [4.69, 9.17) is 9.84 Å². The molecule has 0 bridgehead atoms. The molecule has 2 N–H and O–H groups in total. The topological polar surface area (TPSA) is 93.5 Å². The number of nitrogens with one attached hydrogen (secondary N) is 1. The Morgan fingerprint density at radius 3 is 2.74 bits per heavy atom. The highest BCUT2D eigenvalue weighted by Gasteiger charge is 2.06. The molecule has 0 saturated heterocycles. The van der Waals surface area contributed by atoms with Crippen LogP contribution in [0.15, 0.2) is 42.6 Å². The summed E-state index contributed by atoms with van der Waals surface area (Å²) in [6.45, 7) is 0.793. The Labute approximate surface area is 133 Å². The number of carbonyl (C=O) groups is 2. The van der Waals surface area contributed by atoms with Crippen molar-refractivity contribution >= 4 is 17.7 Å². The first-order chi connectivity index (χ1) is 11.1. The van der Waals surface area contributed by atoms with Gasteiger partial charge in [0.2, 0.25) is 5.91 Å². The summed E-state index contributed by atoms with van der Waals surface area (Å²) in [7, 11) is 0. The van der Waals surface area contributed by atoms with Gasteiger partial charge in [0.05, 0.1) is 6.61 Å². The third-order valence-corrected chi connectivity index (χ3v) is 3.01. The predicted molar refractivity (Wildman–Crippen MR) is 83.8 cm³/mol. The second-order valence-corrected chi connectivity index (χ2v) is 4.98. The number of rotatable bonds is 9. The lowest BCUT2D eigenvalue weighted by Crippen LogP contribution is -2.14. The molecule has 2 aromatic rings. The first kappa shape index (κ1) is 16.7. The van der Waals surface area contributed by atoms with Crippen molar-refractivity contribution in [3.63, 3.8) is 0 Å². The smallest absolute Gasteiger partial charge is 0.325 e. The van der Waals surface area contributed by atoms with Crippen LogP contribution >= 0.6 is 0 Å². The molecule has 0 aliphatic heterocycles. The zero-order valence-corrected chi connectivity index (χ0v) is 12.6. The van der Waals surface area contributed by atoms with Crippen LogP contribution in [0.3, 0.4) is 0 Å². The van der Waals surface area contributed by atoms with Gasteiger partial charge in [-0.2, -0.15) is 5.10 Å². The molecule has 0 radical (unpaired) electrons. The SMILES string of the molecule is O=C(O)Cn1ccc(NC(=O)CCCOCc2ccccc2)n1. The van der Waals surface area contributed by atoms with Crippen molar-refractivity contribution in [3.8, 4) is 0 Å². The van der Waals surface area contributed by atoms with Gasteiger partial charge in [0.1, 0.15) is 6.54 Å². The number of nitrogens with zero attached hydrogens (tertiary/aromatic N) is 2. The van der Waals surface area contributed by atoms with Gasteiger partial charge in [-0.3, -0.25) is 14.3 Å². The summed E-state index contributed by atoms with van der Waals surface area (Å²) < 4.78 is 6.75. The van der Waals surface area contributed by atoms with E-state index >= 15 is 0 Å². The maximum Gasteiger partial charge on any atom is 0.325 e. The van der Waals surface area contributed by atoms with Gasteiger partial charge in [0, 0.05) is 25.3 Å². The Balaban J connectivity index is 1.61. The quantitative estimate of drug-likeness (QED) is 0.689. The van der Waals surface area contributed by atoms with E-state index in [2.05, 4.69) is 10.4 Å². The van der Waals surface area contributed by atoms with Gasteiger partial charge in [0.25, 0.3) is 0 Å². The number of aromatic nitrogens is 2. The molecule has 1 aromatic carbocycles. The number of carboxylic acids is 1. The Morgan fingerprint density at radius 1 is 1.22 bits per heavy atom. The van der Waals surface area contributed by atoms with E-state index in [9.17, 15) is 9.59 Å². The normalized spacial score (nSPS) is 10.4. The van der Waals surface area contributed by atoms with E-state index in [1.54, 1.807) is 6.07 Å². The Kier molecular flexibility index (Phi) is 6.31. The minimum absolute atomic E-state index is 0.172. The summed E-state index contributed by atoms with van der Waals surface area (Å²) in [5.74, 6) is -0.808. The average molecular weight is 317 g/mol. The Morgan fingerprint density at radius 2 is 2.00 bits per heavy atom. The van der Waals surface area contributed by atoms with Crippen LogP contribution in [-0.4, -0.2) is 33.4 Å². The molecular formula is C16H19N3O4. The number of carboxylic acid groups (broad SMARTS) is 1. The van der Waals surface area contributed by atoms with Crippen molar-refractivity contribution in [1.82, 2.24) is 9.78 Å². The van der Waals surface area contributed by atoms with Crippen molar-refractivity contribution in [1.29, 1.82) is 0 Å². The Bertz CT molecular complexity index is 640. The van der Waals surface area contributed by atoms with Gasteiger partial charge < -0.3 is 15.2 Å². The van der Waals surface area contributed by atoms with Crippen molar-refractivity contribution in [2.75, 3.05) is 11.9 Å². The van der Waals surface area contributed by atoms with Crippen LogP contribution < -0.4 is 5.32 Å². The molecule has 0 atom stereocenters. The van der Waals surface area contributed by atoms with E-state index in [1.807, 2.05) is 30.3 Å². The van der Waals surface area contributed by atoms with Crippen LogP contribution in [0.5, 0.6) is 0 Å². The lowest BCUT2D eigenvalue weighted by molar-refractivity contribution is -0.137. The lowest BCUT2D eigenvalue weighted by Gasteiger charge is -2.04. The molecule has 0 saturated carbocycles. The molecule has 0 unspecified atom stereocenters. The highest BCUT2D eigenvalue weighted by Crippen LogP contribution is 2.05. The average Bonchev–Trinajstić information content (AvgIpc) is 2.94. The molecule has 7 heteroatoms. The third-order valence-electron chi connectivity index (χ3n) is 3.01. The fourth-order valence-corrected chi connectivity index (χ4v) is 1.96. The zero-order valence-electron chi connectivity index (χ0n) is 12.6. The number of amides is 1. The van der Waals surface area contributed by atoms with Gasteiger partial charge in [0.15, 0.2) is 5.82 Å². The molecule has 7 nitrogen and oxygen atoms in total. The summed E-state index contributed by atoms with van der Waals surface area (Å²) in [4.78, 5) is 22.3.